The molecule has 0 radical (unpaired) electrons. The minimum Gasteiger partial charge on any atom is -0.387 e. The highest BCUT2D eigenvalue weighted by molar-refractivity contribution is 6.14. The number of nitrogens with zero attached hydrogens (tertiary/aromatic N) is 2. The summed E-state index contributed by atoms with van der Waals surface area (Å²) in [5.74, 6) is -0.589. The van der Waals surface area contributed by atoms with Crippen molar-refractivity contribution in [2.75, 3.05) is 12.4 Å². The Morgan fingerprint density at radius 1 is 1.28 bits per heavy atom. The highest BCUT2D eigenvalue weighted by Gasteiger charge is 2.31. The SMILES string of the molecule is CNc1cc(F)ccc1C(=N)c1cnc2[nH]cc(C(=O)NC3(C)CCCC3)c2n1. The third-order valence-electron chi connectivity index (χ3n) is 5.52. The molecule has 1 amide bonds. The van der Waals surface area contributed by atoms with Gasteiger partial charge in [-0.15, -0.1) is 0 Å². The van der Waals surface area contributed by atoms with Gasteiger partial charge in [0, 0.05) is 30.0 Å². The van der Waals surface area contributed by atoms with Crippen LogP contribution in [0, 0.1) is 11.2 Å². The van der Waals surface area contributed by atoms with Crippen molar-refractivity contribution in [2.45, 2.75) is 38.1 Å². The number of aromatic nitrogens is 3. The van der Waals surface area contributed by atoms with Gasteiger partial charge in [0.2, 0.25) is 0 Å². The number of anilines is 1. The largest absolute Gasteiger partial charge is 0.387 e. The van der Waals surface area contributed by atoms with Crippen molar-refractivity contribution in [1.29, 1.82) is 5.41 Å². The lowest BCUT2D eigenvalue weighted by molar-refractivity contribution is 0.0909. The van der Waals surface area contributed by atoms with Crippen molar-refractivity contribution in [3.05, 3.63) is 53.2 Å². The Hall–Kier alpha value is -3.29. The van der Waals surface area contributed by atoms with Crippen molar-refractivity contribution in [3.63, 3.8) is 0 Å². The zero-order valence-corrected chi connectivity index (χ0v) is 16.4. The second-order valence-corrected chi connectivity index (χ2v) is 7.69. The van der Waals surface area contributed by atoms with E-state index in [4.69, 9.17) is 5.41 Å². The molecule has 7 nitrogen and oxygen atoms in total. The van der Waals surface area contributed by atoms with Gasteiger partial charge in [-0.3, -0.25) is 10.2 Å². The van der Waals surface area contributed by atoms with E-state index in [2.05, 4.69) is 32.5 Å². The summed E-state index contributed by atoms with van der Waals surface area (Å²) in [6, 6.07) is 4.16. The van der Waals surface area contributed by atoms with Gasteiger partial charge < -0.3 is 15.6 Å². The van der Waals surface area contributed by atoms with E-state index in [0.29, 0.717) is 33.7 Å². The first kappa shape index (κ1) is 19.0. The molecule has 0 saturated heterocycles. The Morgan fingerprint density at radius 3 is 2.76 bits per heavy atom. The van der Waals surface area contributed by atoms with Crippen LogP contribution in [0.4, 0.5) is 10.1 Å². The fourth-order valence-electron chi connectivity index (χ4n) is 3.89. The van der Waals surface area contributed by atoms with Crippen LogP contribution in [0.5, 0.6) is 0 Å². The molecule has 3 aromatic rings. The van der Waals surface area contributed by atoms with Gasteiger partial charge in [-0.1, -0.05) is 12.8 Å². The van der Waals surface area contributed by atoms with Gasteiger partial charge in [-0.05, 0) is 38.0 Å². The first-order chi connectivity index (χ1) is 13.9. The fraction of sp³-hybridized carbons (Fsp3) is 0.333. The van der Waals surface area contributed by atoms with Crippen LogP contribution < -0.4 is 10.6 Å². The number of rotatable bonds is 5. The number of carbonyl (C=O) groups is 1. The van der Waals surface area contributed by atoms with Gasteiger partial charge in [0.15, 0.2) is 5.65 Å². The maximum absolute atomic E-state index is 13.5. The number of hydrogen-bond acceptors (Lipinski definition) is 5. The molecule has 0 spiro atoms. The van der Waals surface area contributed by atoms with Crippen molar-refractivity contribution in [2.24, 2.45) is 0 Å². The predicted octanol–water partition coefficient (Wildman–Crippen LogP) is 3.62. The molecular formula is C21H23FN6O. The molecule has 0 bridgehead atoms. The summed E-state index contributed by atoms with van der Waals surface area (Å²) in [6.07, 6.45) is 7.21. The van der Waals surface area contributed by atoms with Crippen LogP contribution in [0.2, 0.25) is 0 Å². The lowest BCUT2D eigenvalue weighted by atomic mass is 10.0. The molecule has 1 fully saturated rings. The summed E-state index contributed by atoms with van der Waals surface area (Å²) >= 11 is 0. The molecule has 0 atom stereocenters. The monoisotopic (exact) mass is 394 g/mol. The molecule has 2 heterocycles. The first-order valence-corrected chi connectivity index (χ1v) is 9.63. The maximum atomic E-state index is 13.5. The lowest BCUT2D eigenvalue weighted by Crippen LogP contribution is -2.43. The summed E-state index contributed by atoms with van der Waals surface area (Å²) in [5.41, 5.74) is 2.49. The minimum atomic E-state index is -0.391. The molecule has 0 aliphatic heterocycles. The van der Waals surface area contributed by atoms with Crippen LogP contribution in [0.25, 0.3) is 11.2 Å². The molecule has 4 rings (SSSR count). The topological polar surface area (TPSA) is 107 Å². The third-order valence-corrected chi connectivity index (χ3v) is 5.52. The second-order valence-electron chi connectivity index (χ2n) is 7.69. The Labute approximate surface area is 167 Å². The fourth-order valence-corrected chi connectivity index (χ4v) is 3.89. The average Bonchev–Trinajstić information content (AvgIpc) is 3.33. The molecule has 1 aromatic carbocycles. The van der Waals surface area contributed by atoms with Crippen LogP contribution >= 0.6 is 0 Å². The second kappa shape index (κ2) is 7.27. The van der Waals surface area contributed by atoms with Crippen LogP contribution in [0.1, 0.15) is 54.2 Å². The van der Waals surface area contributed by atoms with Gasteiger partial charge >= 0.3 is 0 Å². The van der Waals surface area contributed by atoms with Crippen molar-refractivity contribution in [3.8, 4) is 0 Å². The van der Waals surface area contributed by atoms with E-state index in [1.54, 1.807) is 13.2 Å². The summed E-state index contributed by atoms with van der Waals surface area (Å²) in [6.45, 7) is 2.06. The molecule has 1 aliphatic rings. The van der Waals surface area contributed by atoms with E-state index >= 15 is 0 Å². The van der Waals surface area contributed by atoms with Crippen molar-refractivity contribution < 1.29 is 9.18 Å². The van der Waals surface area contributed by atoms with Crippen LogP contribution in [0.15, 0.2) is 30.6 Å². The molecule has 1 saturated carbocycles. The van der Waals surface area contributed by atoms with E-state index in [9.17, 15) is 9.18 Å². The van der Waals surface area contributed by atoms with Crippen molar-refractivity contribution in [1.82, 2.24) is 20.3 Å². The number of benzene rings is 1. The summed E-state index contributed by atoms with van der Waals surface area (Å²) in [5, 5.41) is 14.5. The number of carbonyl (C=O) groups excluding carboxylic acids is 1. The quantitative estimate of drug-likeness (QED) is 0.496. The lowest BCUT2D eigenvalue weighted by Gasteiger charge is -2.24. The van der Waals surface area contributed by atoms with Gasteiger partial charge in [0.05, 0.1) is 17.5 Å². The highest BCUT2D eigenvalue weighted by atomic mass is 19.1. The Morgan fingerprint density at radius 2 is 2.03 bits per heavy atom. The van der Waals surface area contributed by atoms with Gasteiger partial charge in [0.25, 0.3) is 5.91 Å². The number of fused-ring (bicyclic) bond motifs is 1. The molecule has 29 heavy (non-hydrogen) atoms. The van der Waals surface area contributed by atoms with E-state index in [0.717, 1.165) is 25.7 Å². The van der Waals surface area contributed by atoms with E-state index < -0.39 is 5.82 Å². The van der Waals surface area contributed by atoms with Gasteiger partial charge in [-0.25, -0.2) is 14.4 Å². The Kier molecular flexibility index (Phi) is 4.77. The maximum Gasteiger partial charge on any atom is 0.255 e. The Balaban J connectivity index is 1.68. The predicted molar refractivity (Wildman–Crippen MR) is 110 cm³/mol. The molecule has 2 aromatic heterocycles. The summed E-state index contributed by atoms with van der Waals surface area (Å²) in [7, 11) is 1.67. The number of amides is 1. The van der Waals surface area contributed by atoms with Crippen molar-refractivity contribution >= 4 is 28.5 Å². The summed E-state index contributed by atoms with van der Waals surface area (Å²) in [4.78, 5) is 24.7. The van der Waals surface area contributed by atoms with Gasteiger partial charge in [0.1, 0.15) is 17.0 Å². The standard InChI is InChI=1S/C21H23FN6O/c1-21(7-3-4-8-21)28-20(29)14-10-25-19-18(14)27-16(11-26-19)17(23)13-6-5-12(22)9-15(13)24-2/h5-6,9-11,23-24H,3-4,7-8H2,1-2H3,(H,25,26)(H,28,29). The number of aromatic amines is 1. The van der Waals surface area contributed by atoms with Crippen LogP contribution in [0.3, 0.4) is 0 Å². The molecule has 1 aliphatic carbocycles. The Bertz CT molecular complexity index is 1100. The molecule has 150 valence electrons. The molecule has 4 N–H and O–H groups in total. The normalized spacial score (nSPS) is 15.4. The minimum absolute atomic E-state index is 0.0964. The third kappa shape index (κ3) is 3.57. The zero-order valence-electron chi connectivity index (χ0n) is 16.4. The number of halogens is 1. The van der Waals surface area contributed by atoms with Crippen LogP contribution in [-0.4, -0.2) is 39.2 Å². The zero-order chi connectivity index (χ0) is 20.6. The highest BCUT2D eigenvalue weighted by Crippen LogP contribution is 2.29. The van der Waals surface area contributed by atoms with E-state index in [-0.39, 0.29) is 17.2 Å². The van der Waals surface area contributed by atoms with Crippen LogP contribution in [-0.2, 0) is 0 Å². The average molecular weight is 394 g/mol. The van der Waals surface area contributed by atoms with E-state index in [1.165, 1.54) is 24.4 Å². The first-order valence-electron chi connectivity index (χ1n) is 9.63. The number of H-pyrrole nitrogens is 1. The molecule has 8 heteroatoms. The molecular weight excluding hydrogens is 371 g/mol. The smallest absolute Gasteiger partial charge is 0.255 e. The molecule has 0 unspecified atom stereocenters. The van der Waals surface area contributed by atoms with Gasteiger partial charge in [-0.2, -0.15) is 0 Å². The summed E-state index contributed by atoms with van der Waals surface area (Å²) < 4.78 is 13.5. The van der Waals surface area contributed by atoms with E-state index in [1.807, 2.05) is 0 Å². The number of nitrogens with one attached hydrogen (secondary N) is 4. The number of hydrogen-bond donors (Lipinski definition) is 4.